The number of amides is 4. The smallest absolute Gasteiger partial charge is 0.253 e. The van der Waals surface area contributed by atoms with E-state index in [1.54, 1.807) is 48.5 Å². The zero-order valence-electron chi connectivity index (χ0n) is 27.7. The van der Waals surface area contributed by atoms with Crippen LogP contribution in [0, 0.1) is 17.8 Å². The van der Waals surface area contributed by atoms with Crippen LogP contribution >= 0.6 is 23.2 Å². The van der Waals surface area contributed by atoms with E-state index in [1.165, 1.54) is 11.9 Å². The molecule has 0 bridgehead atoms. The Kier molecular flexibility index (Phi) is 8.22. The normalized spacial score (nSPS) is 28.9. The fourth-order valence-electron chi connectivity index (χ4n) is 8.11. The van der Waals surface area contributed by atoms with Gasteiger partial charge in [0.2, 0.25) is 11.8 Å². The molecule has 0 radical (unpaired) electrons. The number of nitrogens with zero attached hydrogens (tertiary/aromatic N) is 5. The Morgan fingerprint density at radius 1 is 0.920 bits per heavy atom. The van der Waals surface area contributed by atoms with Crippen LogP contribution in [0.2, 0.25) is 0 Å². The lowest BCUT2D eigenvalue weighted by molar-refractivity contribution is -0.138. The van der Waals surface area contributed by atoms with Gasteiger partial charge in [-0.15, -0.1) is 29.8 Å². The number of halogens is 2. The molecule has 256 valence electrons. The largest absolute Gasteiger partial charge is 0.507 e. The van der Waals surface area contributed by atoms with E-state index in [2.05, 4.69) is 16.8 Å². The summed E-state index contributed by atoms with van der Waals surface area (Å²) in [6.07, 6.45) is 3.91. The van der Waals surface area contributed by atoms with Crippen LogP contribution in [0.3, 0.4) is 0 Å². The first-order valence-corrected chi connectivity index (χ1v) is 17.1. The summed E-state index contributed by atoms with van der Waals surface area (Å²) in [5, 5.41) is 20.1. The molecule has 1 N–H and O–H groups in total. The molecule has 50 heavy (non-hydrogen) atoms. The molecule has 3 fully saturated rings. The van der Waals surface area contributed by atoms with Crippen LogP contribution in [-0.2, 0) is 25.6 Å². The summed E-state index contributed by atoms with van der Waals surface area (Å²) in [6.45, 7) is 3.77. The Hall–Kier alpha value is -4.80. The van der Waals surface area contributed by atoms with Gasteiger partial charge in [0.1, 0.15) is 5.75 Å². The number of rotatable bonds is 7. The molecule has 12 heteroatoms. The molecule has 2 aliphatic carbocycles. The predicted octanol–water partition coefficient (Wildman–Crippen LogP) is 6.80. The second kappa shape index (κ2) is 12.2. The standard InChI is InChI=1S/C38H35Cl2N5O5/c1-5-7-21-8-6-9-28(32(21)46)31-26-18-19-27-30(29(26)20-37(39)35(49)44(4)36(50)38(31,37)40)34(48)45(33(27)47)25-16-12-23(13-17-25)42-41-22-10-14-24(15-11-22)43(2)3/h5-6,8-18,27,29-31,46H,1,7,19-20H2,2-4H3. The molecule has 7 rings (SSSR count). The number of likely N-dealkylation sites (tertiary alicyclic amines) is 1. The van der Waals surface area contributed by atoms with E-state index < -0.39 is 51.1 Å². The highest BCUT2D eigenvalue weighted by atomic mass is 35.5. The van der Waals surface area contributed by atoms with E-state index in [9.17, 15) is 24.3 Å². The van der Waals surface area contributed by atoms with Gasteiger partial charge in [0.15, 0.2) is 9.75 Å². The van der Waals surface area contributed by atoms with Gasteiger partial charge in [-0.1, -0.05) is 35.9 Å². The monoisotopic (exact) mass is 711 g/mol. The van der Waals surface area contributed by atoms with Crippen LogP contribution in [0.4, 0.5) is 22.7 Å². The van der Waals surface area contributed by atoms with E-state index in [0.29, 0.717) is 40.2 Å². The Balaban J connectivity index is 1.23. The molecular formula is C38H35Cl2N5O5. The average molecular weight is 713 g/mol. The molecule has 1 saturated carbocycles. The summed E-state index contributed by atoms with van der Waals surface area (Å²) in [5.41, 5.74) is 4.12. The van der Waals surface area contributed by atoms with Gasteiger partial charge >= 0.3 is 0 Å². The number of hydrogen-bond acceptors (Lipinski definition) is 8. The van der Waals surface area contributed by atoms with Gasteiger partial charge < -0.3 is 10.0 Å². The number of anilines is 2. The van der Waals surface area contributed by atoms with E-state index in [0.717, 1.165) is 10.6 Å². The number of phenolic OH excluding ortho intramolecular Hbond substituents is 1. The molecule has 3 aromatic carbocycles. The zero-order chi connectivity index (χ0) is 35.7. The van der Waals surface area contributed by atoms with Crippen LogP contribution in [0.15, 0.2) is 101 Å². The number of fused-ring (bicyclic) bond motifs is 4. The zero-order valence-corrected chi connectivity index (χ0v) is 29.2. The molecule has 6 atom stereocenters. The van der Waals surface area contributed by atoms with E-state index >= 15 is 0 Å². The molecule has 10 nitrogen and oxygen atoms in total. The quantitative estimate of drug-likeness (QED) is 0.125. The predicted molar refractivity (Wildman–Crippen MR) is 191 cm³/mol. The van der Waals surface area contributed by atoms with Crippen LogP contribution in [-0.4, -0.2) is 64.5 Å². The van der Waals surface area contributed by atoms with E-state index in [4.69, 9.17) is 23.2 Å². The van der Waals surface area contributed by atoms with Crippen LogP contribution in [0.25, 0.3) is 0 Å². The summed E-state index contributed by atoms with van der Waals surface area (Å²) in [6, 6.07) is 19.4. The fraction of sp³-hybridized carbons (Fsp3) is 0.316. The van der Waals surface area contributed by atoms with Crippen molar-refractivity contribution in [1.29, 1.82) is 0 Å². The molecule has 2 saturated heterocycles. The Morgan fingerprint density at radius 3 is 2.18 bits per heavy atom. The molecule has 6 unspecified atom stereocenters. The average Bonchev–Trinajstić information content (AvgIpc) is 3.43. The number of phenols is 1. The van der Waals surface area contributed by atoms with Crippen molar-refractivity contribution in [2.24, 2.45) is 28.0 Å². The highest BCUT2D eigenvalue weighted by molar-refractivity contribution is 6.53. The third kappa shape index (κ3) is 4.83. The van der Waals surface area contributed by atoms with Crippen molar-refractivity contribution in [1.82, 2.24) is 4.90 Å². The van der Waals surface area contributed by atoms with E-state index in [1.807, 2.05) is 49.3 Å². The SMILES string of the molecule is C=CCc1cccc(C2C3=CCC4C(=O)N(c5ccc(N=Nc6ccc(N(C)C)cc6)cc5)C(=O)C4C3CC3(Cl)C(=O)N(C)C(=O)C23Cl)c1O. The number of allylic oxidation sites excluding steroid dienone is 3. The van der Waals surface area contributed by atoms with Gasteiger partial charge in [0.05, 0.1) is 28.9 Å². The van der Waals surface area contributed by atoms with Crippen molar-refractivity contribution < 1.29 is 24.3 Å². The third-order valence-corrected chi connectivity index (χ3v) is 12.0. The maximum Gasteiger partial charge on any atom is 0.253 e. The summed E-state index contributed by atoms with van der Waals surface area (Å²) in [7, 11) is 5.24. The first-order chi connectivity index (χ1) is 23.8. The van der Waals surface area contributed by atoms with Gasteiger partial charge in [0, 0.05) is 38.3 Å². The van der Waals surface area contributed by atoms with Crippen molar-refractivity contribution >= 4 is 69.6 Å². The Morgan fingerprint density at radius 2 is 1.56 bits per heavy atom. The maximum absolute atomic E-state index is 14.3. The summed E-state index contributed by atoms with van der Waals surface area (Å²) in [5.74, 6) is -5.58. The maximum atomic E-state index is 14.3. The topological polar surface area (TPSA) is 123 Å². The van der Waals surface area contributed by atoms with Gasteiger partial charge in [-0.3, -0.25) is 29.0 Å². The third-order valence-electron chi connectivity index (χ3n) is 10.6. The number of aromatic hydroxyl groups is 1. The summed E-state index contributed by atoms with van der Waals surface area (Å²) < 4.78 is 0. The van der Waals surface area contributed by atoms with Gasteiger partial charge in [-0.05, 0) is 79.3 Å². The number of carbonyl (C=O) groups excluding carboxylic acids is 4. The van der Waals surface area contributed by atoms with Gasteiger partial charge in [0.25, 0.3) is 11.8 Å². The molecule has 0 aromatic heterocycles. The summed E-state index contributed by atoms with van der Waals surface area (Å²) in [4.78, 5) is 56.1. The lowest BCUT2D eigenvalue weighted by Gasteiger charge is -2.50. The highest BCUT2D eigenvalue weighted by Crippen LogP contribution is 2.66. The fourth-order valence-corrected chi connectivity index (χ4v) is 9.12. The minimum atomic E-state index is -1.98. The molecule has 4 amide bonds. The molecule has 2 aliphatic heterocycles. The minimum Gasteiger partial charge on any atom is -0.507 e. The first kappa shape index (κ1) is 33.7. The van der Waals surface area contributed by atoms with Crippen molar-refractivity contribution in [2.45, 2.75) is 34.9 Å². The second-order valence-corrected chi connectivity index (χ2v) is 14.7. The minimum absolute atomic E-state index is 0.0896. The number of azo groups is 1. The number of imide groups is 2. The van der Waals surface area contributed by atoms with Crippen LogP contribution in [0.1, 0.15) is 29.9 Å². The molecule has 3 aromatic rings. The Bertz CT molecular complexity index is 2010. The van der Waals surface area contributed by atoms with Crippen LogP contribution in [0.5, 0.6) is 5.75 Å². The van der Waals surface area contributed by atoms with Gasteiger partial charge in [-0.2, -0.15) is 10.2 Å². The highest BCUT2D eigenvalue weighted by Gasteiger charge is 2.76. The second-order valence-electron chi connectivity index (χ2n) is 13.5. The van der Waals surface area contributed by atoms with Gasteiger partial charge in [-0.25, -0.2) is 0 Å². The van der Waals surface area contributed by atoms with Crippen molar-refractivity contribution in [3.8, 4) is 5.75 Å². The number of carbonyl (C=O) groups is 4. The number of benzene rings is 3. The molecule has 2 heterocycles. The van der Waals surface area contributed by atoms with E-state index in [-0.39, 0.29) is 24.5 Å². The number of alkyl halides is 2. The Labute approximate surface area is 299 Å². The number of hydrogen-bond donors (Lipinski definition) is 1. The summed E-state index contributed by atoms with van der Waals surface area (Å²) >= 11 is 14.5. The molecule has 4 aliphatic rings. The molecular weight excluding hydrogens is 677 g/mol. The number of para-hydroxylation sites is 1. The lowest BCUT2D eigenvalue weighted by atomic mass is 9.56. The molecule has 0 spiro atoms. The lowest BCUT2D eigenvalue weighted by Crippen LogP contribution is -2.60. The van der Waals surface area contributed by atoms with Crippen LogP contribution < -0.4 is 9.80 Å². The van der Waals surface area contributed by atoms with Crippen molar-refractivity contribution in [3.05, 3.63) is 102 Å². The van der Waals surface area contributed by atoms with Crippen molar-refractivity contribution in [3.63, 3.8) is 0 Å². The first-order valence-electron chi connectivity index (χ1n) is 16.3. The van der Waals surface area contributed by atoms with Crippen molar-refractivity contribution in [2.75, 3.05) is 30.9 Å².